The van der Waals surface area contributed by atoms with E-state index in [4.69, 9.17) is 0 Å². The molecule has 1 rings (SSSR count). The van der Waals surface area contributed by atoms with Gasteiger partial charge in [-0.1, -0.05) is 13.8 Å². The highest BCUT2D eigenvalue weighted by Crippen LogP contribution is 2.09. The molecule has 1 fully saturated rings. The van der Waals surface area contributed by atoms with Gasteiger partial charge in [0.2, 0.25) is 0 Å². The molecule has 1 saturated heterocycles. The van der Waals surface area contributed by atoms with Gasteiger partial charge < -0.3 is 15.3 Å². The number of nitrogens with one attached hydrogen (secondary N) is 1. The Morgan fingerprint density at radius 1 is 1.27 bits per heavy atom. The second-order valence-electron chi connectivity index (χ2n) is 4.83. The minimum absolute atomic E-state index is 0.177. The van der Waals surface area contributed by atoms with Crippen molar-refractivity contribution in [1.82, 2.24) is 10.2 Å². The third kappa shape index (κ3) is 5.50. The molecule has 3 nitrogen and oxygen atoms in total. The number of aliphatic hydroxyl groups excluding tert-OH is 1. The summed E-state index contributed by atoms with van der Waals surface area (Å²) in [5.74, 6) is 0.687. The summed E-state index contributed by atoms with van der Waals surface area (Å²) in [6.45, 7) is 9.82. The third-order valence-corrected chi connectivity index (χ3v) is 3.11. The molecule has 0 aromatic rings. The number of hydrogen-bond donors (Lipinski definition) is 2. The fourth-order valence-electron chi connectivity index (χ4n) is 2.11. The van der Waals surface area contributed by atoms with E-state index in [1.807, 2.05) is 6.92 Å². The summed E-state index contributed by atoms with van der Waals surface area (Å²) in [6, 6.07) is 0. The van der Waals surface area contributed by atoms with E-state index < -0.39 is 0 Å². The van der Waals surface area contributed by atoms with Gasteiger partial charge in [-0.05, 0) is 44.8 Å². The third-order valence-electron chi connectivity index (χ3n) is 3.11. The monoisotopic (exact) mass is 214 g/mol. The highest BCUT2D eigenvalue weighted by molar-refractivity contribution is 4.70. The Morgan fingerprint density at radius 2 is 1.93 bits per heavy atom. The van der Waals surface area contributed by atoms with Gasteiger partial charge in [-0.15, -0.1) is 0 Å². The van der Waals surface area contributed by atoms with Gasteiger partial charge in [-0.3, -0.25) is 0 Å². The van der Waals surface area contributed by atoms with Crippen LogP contribution in [-0.4, -0.2) is 48.8 Å². The number of aliphatic hydroxyl groups is 1. The first-order chi connectivity index (χ1) is 7.22. The molecule has 3 heteroatoms. The number of likely N-dealkylation sites (tertiary alicyclic amines) is 1. The minimum atomic E-state index is -0.177. The normalized spacial score (nSPS) is 21.8. The largest absolute Gasteiger partial charge is 0.392 e. The predicted octanol–water partition coefficient (Wildman–Crippen LogP) is 1.08. The SMILES string of the molecule is CCC(O)CNCC(C)CN1CCCC1. The molecule has 0 bridgehead atoms. The molecule has 1 aliphatic rings. The molecule has 1 aliphatic heterocycles. The highest BCUT2D eigenvalue weighted by atomic mass is 16.3. The summed E-state index contributed by atoms with van der Waals surface area (Å²) >= 11 is 0. The quantitative estimate of drug-likeness (QED) is 0.665. The van der Waals surface area contributed by atoms with Crippen molar-refractivity contribution in [3.05, 3.63) is 0 Å². The Hall–Kier alpha value is -0.120. The average Bonchev–Trinajstić information content (AvgIpc) is 2.70. The van der Waals surface area contributed by atoms with E-state index >= 15 is 0 Å². The average molecular weight is 214 g/mol. The zero-order valence-electron chi connectivity index (χ0n) is 10.2. The van der Waals surface area contributed by atoms with Gasteiger partial charge in [-0.25, -0.2) is 0 Å². The molecular weight excluding hydrogens is 188 g/mol. The maximum atomic E-state index is 9.38. The second kappa shape index (κ2) is 7.20. The molecule has 2 atom stereocenters. The zero-order chi connectivity index (χ0) is 11.1. The summed E-state index contributed by atoms with van der Waals surface area (Å²) < 4.78 is 0. The molecule has 0 aliphatic carbocycles. The fourth-order valence-corrected chi connectivity index (χ4v) is 2.11. The van der Waals surface area contributed by atoms with Crippen LogP contribution in [0.5, 0.6) is 0 Å². The molecule has 0 radical (unpaired) electrons. The van der Waals surface area contributed by atoms with E-state index in [1.165, 1.54) is 32.5 Å². The maximum absolute atomic E-state index is 9.38. The van der Waals surface area contributed by atoms with Crippen molar-refractivity contribution in [3.8, 4) is 0 Å². The van der Waals surface area contributed by atoms with Crippen LogP contribution < -0.4 is 5.32 Å². The van der Waals surface area contributed by atoms with Gasteiger partial charge in [0.05, 0.1) is 6.10 Å². The molecule has 2 unspecified atom stereocenters. The molecule has 2 N–H and O–H groups in total. The van der Waals surface area contributed by atoms with Crippen LogP contribution in [0, 0.1) is 5.92 Å². The molecule has 1 heterocycles. The van der Waals surface area contributed by atoms with Crippen LogP contribution in [-0.2, 0) is 0 Å². The molecule has 0 aromatic carbocycles. The van der Waals surface area contributed by atoms with Crippen molar-refractivity contribution in [2.45, 2.75) is 39.2 Å². The van der Waals surface area contributed by atoms with Crippen molar-refractivity contribution in [2.75, 3.05) is 32.7 Å². The molecule has 90 valence electrons. The Labute approximate surface area is 93.9 Å². The lowest BCUT2D eigenvalue weighted by molar-refractivity contribution is 0.164. The van der Waals surface area contributed by atoms with Gasteiger partial charge in [0.1, 0.15) is 0 Å². The topological polar surface area (TPSA) is 35.5 Å². The van der Waals surface area contributed by atoms with Crippen LogP contribution in [0.4, 0.5) is 0 Å². The standard InChI is InChI=1S/C12H26N2O/c1-3-12(15)9-13-8-11(2)10-14-6-4-5-7-14/h11-13,15H,3-10H2,1-2H3. The lowest BCUT2D eigenvalue weighted by atomic mass is 10.1. The van der Waals surface area contributed by atoms with E-state index in [1.54, 1.807) is 0 Å². The predicted molar refractivity (Wildman–Crippen MR) is 64.0 cm³/mol. The van der Waals surface area contributed by atoms with Crippen LogP contribution in [0.2, 0.25) is 0 Å². The summed E-state index contributed by atoms with van der Waals surface area (Å²) in [5, 5.41) is 12.7. The summed E-state index contributed by atoms with van der Waals surface area (Å²) in [5.41, 5.74) is 0. The first-order valence-corrected chi connectivity index (χ1v) is 6.33. The van der Waals surface area contributed by atoms with E-state index in [0.717, 1.165) is 19.5 Å². The first-order valence-electron chi connectivity index (χ1n) is 6.33. The summed E-state index contributed by atoms with van der Waals surface area (Å²) in [4.78, 5) is 2.54. The maximum Gasteiger partial charge on any atom is 0.0662 e. The van der Waals surface area contributed by atoms with Gasteiger partial charge in [0, 0.05) is 13.1 Å². The van der Waals surface area contributed by atoms with E-state index in [-0.39, 0.29) is 6.10 Å². The molecular formula is C12H26N2O. The van der Waals surface area contributed by atoms with Gasteiger partial charge in [-0.2, -0.15) is 0 Å². The Kier molecular flexibility index (Phi) is 6.22. The Morgan fingerprint density at radius 3 is 2.53 bits per heavy atom. The number of hydrogen-bond acceptors (Lipinski definition) is 3. The van der Waals surface area contributed by atoms with Crippen LogP contribution in [0.15, 0.2) is 0 Å². The van der Waals surface area contributed by atoms with Crippen LogP contribution >= 0.6 is 0 Å². The van der Waals surface area contributed by atoms with Crippen LogP contribution in [0.1, 0.15) is 33.1 Å². The van der Waals surface area contributed by atoms with Gasteiger partial charge in [0.25, 0.3) is 0 Å². The van der Waals surface area contributed by atoms with Crippen LogP contribution in [0.3, 0.4) is 0 Å². The van der Waals surface area contributed by atoms with E-state index in [0.29, 0.717) is 5.92 Å². The molecule has 0 saturated carbocycles. The minimum Gasteiger partial charge on any atom is -0.392 e. The summed E-state index contributed by atoms with van der Waals surface area (Å²) in [6.07, 6.45) is 3.40. The van der Waals surface area contributed by atoms with E-state index in [2.05, 4.69) is 17.1 Å². The van der Waals surface area contributed by atoms with Gasteiger partial charge in [0.15, 0.2) is 0 Å². The fraction of sp³-hybridized carbons (Fsp3) is 1.00. The zero-order valence-corrected chi connectivity index (χ0v) is 10.2. The highest BCUT2D eigenvalue weighted by Gasteiger charge is 2.14. The van der Waals surface area contributed by atoms with Crippen molar-refractivity contribution in [1.29, 1.82) is 0 Å². The molecule has 0 aromatic heterocycles. The lowest BCUT2D eigenvalue weighted by Gasteiger charge is -2.21. The van der Waals surface area contributed by atoms with Crippen molar-refractivity contribution in [3.63, 3.8) is 0 Å². The lowest BCUT2D eigenvalue weighted by Crippen LogP contribution is -2.34. The Bertz CT molecular complexity index is 158. The number of nitrogens with zero attached hydrogens (tertiary/aromatic N) is 1. The Balaban J connectivity index is 2.00. The number of rotatable bonds is 7. The van der Waals surface area contributed by atoms with Crippen molar-refractivity contribution in [2.24, 2.45) is 5.92 Å². The summed E-state index contributed by atoms with van der Waals surface area (Å²) in [7, 11) is 0. The second-order valence-corrected chi connectivity index (χ2v) is 4.83. The van der Waals surface area contributed by atoms with Crippen molar-refractivity contribution < 1.29 is 5.11 Å². The van der Waals surface area contributed by atoms with E-state index in [9.17, 15) is 5.11 Å². The van der Waals surface area contributed by atoms with Crippen LogP contribution in [0.25, 0.3) is 0 Å². The molecule has 0 amide bonds. The molecule has 0 spiro atoms. The smallest absolute Gasteiger partial charge is 0.0662 e. The van der Waals surface area contributed by atoms with Gasteiger partial charge >= 0.3 is 0 Å². The van der Waals surface area contributed by atoms with Crippen molar-refractivity contribution >= 4 is 0 Å². The molecule has 15 heavy (non-hydrogen) atoms. The first kappa shape index (κ1) is 12.9.